The first-order valence-corrected chi connectivity index (χ1v) is 9.75. The molecule has 0 saturated heterocycles. The fourth-order valence-corrected chi connectivity index (χ4v) is 3.73. The van der Waals surface area contributed by atoms with Gasteiger partial charge >= 0.3 is 6.61 Å². The fourth-order valence-electron chi connectivity index (χ4n) is 2.11. The van der Waals surface area contributed by atoms with Gasteiger partial charge in [-0.15, -0.1) is 0 Å². The molecule has 0 aliphatic rings. The largest absolute Gasteiger partial charge is 0.417 e. The molecule has 3 rings (SSSR count). The average Bonchev–Trinajstić information content (AvgIpc) is 3.08. The average molecular weight is 402 g/mol. The van der Waals surface area contributed by atoms with E-state index in [0.29, 0.717) is 10.2 Å². The summed E-state index contributed by atoms with van der Waals surface area (Å²) >= 11 is 1.08. The number of carbonyl (C=O) groups is 1. The summed E-state index contributed by atoms with van der Waals surface area (Å²) in [6, 6.07) is 5.51. The minimum Gasteiger partial charge on any atom is -0.417 e. The Labute approximate surface area is 150 Å². The van der Waals surface area contributed by atoms with E-state index in [1.54, 1.807) is 0 Å². The summed E-state index contributed by atoms with van der Waals surface area (Å²) in [6.07, 6.45) is 1.10. The van der Waals surface area contributed by atoms with Crippen molar-refractivity contribution in [2.75, 3.05) is 11.6 Å². The zero-order valence-corrected chi connectivity index (χ0v) is 15.1. The van der Waals surface area contributed by atoms with E-state index in [0.717, 1.165) is 28.3 Å². The van der Waals surface area contributed by atoms with Crippen LogP contribution in [0, 0.1) is 0 Å². The molecule has 0 unspecified atom stereocenters. The fraction of sp³-hybridized carbons (Fsp3) is 0.214. The van der Waals surface area contributed by atoms with Crippen LogP contribution in [-0.2, 0) is 16.9 Å². The van der Waals surface area contributed by atoms with E-state index in [1.807, 2.05) is 0 Å². The summed E-state index contributed by atoms with van der Waals surface area (Å²) in [5.74, 6) is -0.917. The van der Waals surface area contributed by atoms with Crippen molar-refractivity contribution < 1.29 is 26.7 Å². The van der Waals surface area contributed by atoms with E-state index in [9.17, 15) is 22.0 Å². The van der Waals surface area contributed by atoms with Gasteiger partial charge in [-0.05, 0) is 18.2 Å². The monoisotopic (exact) mass is 402 g/mol. The van der Waals surface area contributed by atoms with Gasteiger partial charge in [0.25, 0.3) is 5.91 Å². The number of alkyl halides is 2. The molecule has 8 nitrogen and oxygen atoms in total. The lowest BCUT2D eigenvalue weighted by molar-refractivity contribution is -0.0553. The van der Waals surface area contributed by atoms with Gasteiger partial charge < -0.3 is 4.74 Å². The second-order valence-electron chi connectivity index (χ2n) is 5.24. The predicted molar refractivity (Wildman–Crippen MR) is 90.5 cm³/mol. The molecule has 0 radical (unpaired) electrons. The molecule has 2 heterocycles. The second-order valence-corrected chi connectivity index (χ2v) is 8.29. The maximum Gasteiger partial charge on any atom is 0.388 e. The lowest BCUT2D eigenvalue weighted by atomic mass is 10.3. The molecule has 0 aliphatic heterocycles. The molecule has 0 spiro atoms. The maximum absolute atomic E-state index is 12.3. The molecule has 1 amide bonds. The Morgan fingerprint density at radius 2 is 2.08 bits per heavy atom. The number of halogens is 2. The Balaban J connectivity index is 1.83. The Morgan fingerprint density at radius 3 is 2.73 bits per heavy atom. The Kier molecular flexibility index (Phi) is 4.63. The van der Waals surface area contributed by atoms with Gasteiger partial charge in [-0.3, -0.25) is 10.1 Å². The number of amides is 1. The minimum absolute atomic E-state index is 0.126. The summed E-state index contributed by atoms with van der Waals surface area (Å²) in [5.41, 5.74) is 0.389. The third kappa shape index (κ3) is 3.80. The van der Waals surface area contributed by atoms with Crippen molar-refractivity contribution in [2.24, 2.45) is 7.05 Å². The second kappa shape index (κ2) is 6.61. The van der Waals surface area contributed by atoms with E-state index in [-0.39, 0.29) is 21.6 Å². The summed E-state index contributed by atoms with van der Waals surface area (Å²) in [4.78, 5) is 16.5. The number of fused-ring (bicyclic) bond motifs is 1. The van der Waals surface area contributed by atoms with Crippen molar-refractivity contribution in [2.45, 2.75) is 11.5 Å². The van der Waals surface area contributed by atoms with Gasteiger partial charge in [0.05, 0.1) is 15.1 Å². The molecule has 138 valence electrons. The van der Waals surface area contributed by atoms with Gasteiger partial charge in [-0.25, -0.2) is 18.1 Å². The van der Waals surface area contributed by atoms with Gasteiger partial charge in [0, 0.05) is 19.4 Å². The summed E-state index contributed by atoms with van der Waals surface area (Å²) in [7, 11) is -2.00. The van der Waals surface area contributed by atoms with Gasteiger partial charge in [-0.1, -0.05) is 11.3 Å². The summed E-state index contributed by atoms with van der Waals surface area (Å²) in [5, 5.41) is 6.52. The van der Waals surface area contributed by atoms with Gasteiger partial charge in [0.15, 0.2) is 20.7 Å². The number of hydrogen-bond donors (Lipinski definition) is 1. The highest BCUT2D eigenvalue weighted by Gasteiger charge is 2.18. The number of aryl methyl sites for hydroxylation is 1. The lowest BCUT2D eigenvalue weighted by Crippen LogP contribution is -2.12. The van der Waals surface area contributed by atoms with Gasteiger partial charge in [0.1, 0.15) is 0 Å². The van der Waals surface area contributed by atoms with Crippen LogP contribution in [0.3, 0.4) is 0 Å². The van der Waals surface area contributed by atoms with Crippen LogP contribution >= 0.6 is 11.3 Å². The number of nitrogens with one attached hydrogen (secondary N) is 1. The molecule has 0 bridgehead atoms. The van der Waals surface area contributed by atoms with E-state index in [2.05, 4.69) is 20.1 Å². The summed E-state index contributed by atoms with van der Waals surface area (Å²) < 4.78 is 53.6. The van der Waals surface area contributed by atoms with Crippen LogP contribution in [0.25, 0.3) is 10.2 Å². The molecule has 0 fully saturated rings. The standard InChI is InChI=1S/C14H12F2N4O4S2/c1-20-11(24-13(15)16)6-9(19-20)12(21)18-14-17-8-4-3-7(26(2,22)23)5-10(8)25-14/h3-6,13H,1-2H3,(H,17,18,21). The number of thiazole rings is 1. The van der Waals surface area contributed by atoms with Crippen LogP contribution in [0.2, 0.25) is 0 Å². The molecule has 1 N–H and O–H groups in total. The Hall–Kier alpha value is -2.60. The smallest absolute Gasteiger partial charge is 0.388 e. The molecule has 1 aromatic carbocycles. The van der Waals surface area contributed by atoms with Crippen LogP contribution in [0.5, 0.6) is 5.88 Å². The number of aromatic nitrogens is 3. The van der Waals surface area contributed by atoms with E-state index in [4.69, 9.17) is 0 Å². The number of nitrogens with zero attached hydrogens (tertiary/aromatic N) is 3. The molecule has 0 atom stereocenters. The zero-order valence-electron chi connectivity index (χ0n) is 13.4. The number of hydrogen-bond acceptors (Lipinski definition) is 7. The topological polar surface area (TPSA) is 103 Å². The first kappa shape index (κ1) is 18.2. The van der Waals surface area contributed by atoms with Crippen molar-refractivity contribution in [3.8, 4) is 5.88 Å². The highest BCUT2D eigenvalue weighted by Crippen LogP contribution is 2.28. The van der Waals surface area contributed by atoms with Crippen LogP contribution < -0.4 is 10.1 Å². The third-order valence-electron chi connectivity index (χ3n) is 3.29. The Morgan fingerprint density at radius 1 is 1.35 bits per heavy atom. The number of ether oxygens (including phenoxy) is 1. The van der Waals surface area contributed by atoms with Gasteiger partial charge in [0.2, 0.25) is 5.88 Å². The molecule has 0 aliphatic carbocycles. The molecule has 3 aromatic rings. The SMILES string of the molecule is Cn1nc(C(=O)Nc2nc3ccc(S(C)(=O)=O)cc3s2)cc1OC(F)F. The molecule has 0 saturated carbocycles. The van der Waals surface area contributed by atoms with Crippen LogP contribution in [0.4, 0.5) is 13.9 Å². The molecule has 2 aromatic heterocycles. The summed E-state index contributed by atoms with van der Waals surface area (Å²) in [6.45, 7) is -3.03. The van der Waals surface area contributed by atoms with Crippen LogP contribution in [-0.4, -0.2) is 42.0 Å². The van der Waals surface area contributed by atoms with Crippen molar-refractivity contribution in [3.63, 3.8) is 0 Å². The quantitative estimate of drug-likeness (QED) is 0.702. The predicted octanol–water partition coefficient (Wildman–Crippen LogP) is 2.29. The van der Waals surface area contributed by atoms with E-state index >= 15 is 0 Å². The lowest BCUT2D eigenvalue weighted by Gasteiger charge is -2.01. The van der Waals surface area contributed by atoms with Crippen molar-refractivity contribution in [3.05, 3.63) is 30.0 Å². The van der Waals surface area contributed by atoms with Gasteiger partial charge in [-0.2, -0.15) is 13.9 Å². The highest BCUT2D eigenvalue weighted by molar-refractivity contribution is 7.90. The van der Waals surface area contributed by atoms with Crippen LogP contribution in [0.1, 0.15) is 10.5 Å². The highest BCUT2D eigenvalue weighted by atomic mass is 32.2. The molecular formula is C14H12F2N4O4S2. The molecular weight excluding hydrogens is 390 g/mol. The number of rotatable bonds is 5. The Bertz CT molecular complexity index is 1090. The molecule has 12 heteroatoms. The van der Waals surface area contributed by atoms with Crippen LogP contribution in [0.15, 0.2) is 29.2 Å². The number of anilines is 1. The third-order valence-corrected chi connectivity index (χ3v) is 5.33. The first-order chi connectivity index (χ1) is 12.1. The normalized spacial score (nSPS) is 11.9. The van der Waals surface area contributed by atoms with E-state index in [1.165, 1.54) is 25.2 Å². The van der Waals surface area contributed by atoms with Crippen molar-refractivity contribution in [1.29, 1.82) is 0 Å². The first-order valence-electron chi connectivity index (χ1n) is 7.04. The van der Waals surface area contributed by atoms with Crippen molar-refractivity contribution in [1.82, 2.24) is 14.8 Å². The zero-order chi connectivity index (χ0) is 19.1. The van der Waals surface area contributed by atoms with E-state index < -0.39 is 22.4 Å². The number of sulfone groups is 1. The minimum atomic E-state index is -3.36. The van der Waals surface area contributed by atoms with Crippen molar-refractivity contribution >= 4 is 42.4 Å². The molecule has 26 heavy (non-hydrogen) atoms. The maximum atomic E-state index is 12.3. The number of benzene rings is 1. The number of carbonyl (C=O) groups excluding carboxylic acids is 1.